The van der Waals surface area contributed by atoms with Gasteiger partial charge in [0, 0.05) is 29.7 Å². The van der Waals surface area contributed by atoms with Crippen molar-refractivity contribution in [3.63, 3.8) is 0 Å². The zero-order chi connectivity index (χ0) is 24.5. The molecule has 0 aliphatic heterocycles. The van der Waals surface area contributed by atoms with Gasteiger partial charge in [0.15, 0.2) is 0 Å². The number of hydrogen-bond donors (Lipinski definition) is 0. The van der Waals surface area contributed by atoms with Crippen LogP contribution in [0.4, 0.5) is 0 Å². The van der Waals surface area contributed by atoms with Gasteiger partial charge in [-0.1, -0.05) is 37.4 Å². The molecule has 5 heteroatoms. The van der Waals surface area contributed by atoms with E-state index in [-0.39, 0.29) is 21.1 Å². The van der Waals surface area contributed by atoms with Crippen molar-refractivity contribution < 1.29 is 25.8 Å². The molecular formula is C32H25N3OPt. The predicted octanol–water partition coefficient (Wildman–Crippen LogP) is 7.76. The van der Waals surface area contributed by atoms with Crippen LogP contribution in [0.15, 0.2) is 91.3 Å². The third-order valence-electron chi connectivity index (χ3n) is 6.51. The van der Waals surface area contributed by atoms with E-state index in [9.17, 15) is 0 Å². The Labute approximate surface area is 231 Å². The maximum atomic E-state index is 6.04. The standard InChI is InChI=1S/C32H25N3O.Pt/c1-3-22-14-16-33-31(18-22)35-29-11-6-5-10-27(29)28-13-12-25(21-30(28)35)24-8-7-9-26(20-24)36-32-19-23(4-2)15-17-34-32;/h5-19H,3-4H2,1-2H3;/q-2;+2. The zero-order valence-corrected chi connectivity index (χ0v) is 22.9. The van der Waals surface area contributed by atoms with Gasteiger partial charge in [0.2, 0.25) is 5.88 Å². The van der Waals surface area contributed by atoms with Gasteiger partial charge >= 0.3 is 21.1 Å². The van der Waals surface area contributed by atoms with Crippen LogP contribution < -0.4 is 4.74 Å². The molecule has 0 unspecified atom stereocenters. The minimum atomic E-state index is 0. The summed E-state index contributed by atoms with van der Waals surface area (Å²) in [5.74, 6) is 2.10. The van der Waals surface area contributed by atoms with Crippen molar-refractivity contribution in [1.82, 2.24) is 14.5 Å². The molecule has 0 saturated heterocycles. The van der Waals surface area contributed by atoms with Crippen LogP contribution in [0.2, 0.25) is 0 Å². The summed E-state index contributed by atoms with van der Waals surface area (Å²) < 4.78 is 8.24. The van der Waals surface area contributed by atoms with Gasteiger partial charge in [-0.2, -0.15) is 24.3 Å². The second-order valence-corrected chi connectivity index (χ2v) is 8.75. The topological polar surface area (TPSA) is 39.9 Å². The molecule has 0 bridgehead atoms. The van der Waals surface area contributed by atoms with Crippen LogP contribution in [0.25, 0.3) is 38.8 Å². The van der Waals surface area contributed by atoms with E-state index >= 15 is 0 Å². The number of rotatable bonds is 6. The normalized spacial score (nSPS) is 11.0. The van der Waals surface area contributed by atoms with E-state index in [0.29, 0.717) is 11.6 Å². The number of fused-ring (bicyclic) bond motifs is 3. The largest absolute Gasteiger partial charge is 2.00 e. The molecule has 0 N–H and O–H groups in total. The Bertz CT molecular complexity index is 1710. The van der Waals surface area contributed by atoms with Crippen LogP contribution >= 0.6 is 0 Å². The number of pyridine rings is 2. The Kier molecular flexibility index (Phi) is 7.21. The molecule has 6 aromatic rings. The first-order chi connectivity index (χ1) is 17.7. The van der Waals surface area contributed by atoms with Gasteiger partial charge in [0.1, 0.15) is 5.82 Å². The SMILES string of the molecule is CCc1ccnc(Oc2[c-]c(-c3[c-]c4c(cc3)c3ccccc3n4-c3cc(CC)ccn3)ccc2)c1.[Pt+2]. The van der Waals surface area contributed by atoms with E-state index in [1.165, 1.54) is 16.5 Å². The first kappa shape index (κ1) is 24.9. The Morgan fingerprint density at radius 2 is 1.49 bits per heavy atom. The molecule has 3 heterocycles. The summed E-state index contributed by atoms with van der Waals surface area (Å²) in [5, 5.41) is 2.33. The van der Waals surface area contributed by atoms with Crippen molar-refractivity contribution in [2.24, 2.45) is 0 Å². The van der Waals surface area contributed by atoms with Crippen LogP contribution in [-0.4, -0.2) is 14.5 Å². The molecule has 0 aliphatic carbocycles. The molecule has 0 fully saturated rings. The first-order valence-corrected chi connectivity index (χ1v) is 12.3. The number of para-hydroxylation sites is 1. The Hall–Kier alpha value is -3.75. The van der Waals surface area contributed by atoms with E-state index < -0.39 is 0 Å². The van der Waals surface area contributed by atoms with Crippen molar-refractivity contribution in [1.29, 1.82) is 0 Å². The average molecular weight is 663 g/mol. The maximum Gasteiger partial charge on any atom is 2.00 e. The molecule has 0 radical (unpaired) electrons. The molecule has 3 aromatic heterocycles. The van der Waals surface area contributed by atoms with Crippen LogP contribution in [-0.2, 0) is 33.9 Å². The Morgan fingerprint density at radius 1 is 0.730 bits per heavy atom. The van der Waals surface area contributed by atoms with Gasteiger partial charge in [-0.3, -0.25) is 0 Å². The first-order valence-electron chi connectivity index (χ1n) is 12.3. The summed E-state index contributed by atoms with van der Waals surface area (Å²) in [7, 11) is 0. The smallest absolute Gasteiger partial charge is 0.460 e. The van der Waals surface area contributed by atoms with Crippen molar-refractivity contribution in [2.45, 2.75) is 26.7 Å². The fourth-order valence-corrected chi connectivity index (χ4v) is 4.59. The number of nitrogens with zero attached hydrogens (tertiary/aromatic N) is 3. The molecule has 6 rings (SSSR count). The summed E-state index contributed by atoms with van der Waals surface area (Å²) in [6.45, 7) is 4.28. The molecule has 3 aromatic carbocycles. The van der Waals surface area contributed by atoms with E-state index in [1.54, 1.807) is 6.20 Å². The van der Waals surface area contributed by atoms with E-state index in [4.69, 9.17) is 9.72 Å². The zero-order valence-electron chi connectivity index (χ0n) is 20.6. The van der Waals surface area contributed by atoms with Gasteiger partial charge < -0.3 is 9.30 Å². The monoisotopic (exact) mass is 662 g/mol. The van der Waals surface area contributed by atoms with Crippen LogP contribution in [0.5, 0.6) is 11.6 Å². The number of aromatic nitrogens is 3. The van der Waals surface area contributed by atoms with Gasteiger partial charge in [-0.05, 0) is 59.1 Å². The number of ether oxygens (including phenoxy) is 1. The van der Waals surface area contributed by atoms with E-state index in [1.807, 2.05) is 36.5 Å². The average Bonchev–Trinajstić information content (AvgIpc) is 3.27. The molecule has 0 spiro atoms. The van der Waals surface area contributed by atoms with Crippen molar-refractivity contribution in [3.05, 3.63) is 115 Å². The second kappa shape index (κ2) is 10.7. The fourth-order valence-electron chi connectivity index (χ4n) is 4.59. The Morgan fingerprint density at radius 3 is 2.32 bits per heavy atom. The summed E-state index contributed by atoms with van der Waals surface area (Å²) >= 11 is 0. The third-order valence-corrected chi connectivity index (χ3v) is 6.51. The van der Waals surface area contributed by atoms with E-state index in [0.717, 1.165) is 46.2 Å². The summed E-state index contributed by atoms with van der Waals surface area (Å²) in [5.41, 5.74) is 6.40. The molecule has 0 atom stereocenters. The molecule has 0 amide bonds. The molecule has 184 valence electrons. The molecule has 37 heavy (non-hydrogen) atoms. The number of aryl methyl sites for hydroxylation is 2. The summed E-state index contributed by atoms with van der Waals surface area (Å²) in [6.07, 6.45) is 5.55. The van der Waals surface area contributed by atoms with Crippen LogP contribution in [0.1, 0.15) is 25.0 Å². The van der Waals surface area contributed by atoms with Gasteiger partial charge in [0.25, 0.3) is 0 Å². The maximum absolute atomic E-state index is 6.04. The Balaban J connectivity index is 0.00000280. The van der Waals surface area contributed by atoms with Crippen LogP contribution in [0.3, 0.4) is 0 Å². The van der Waals surface area contributed by atoms with Crippen LogP contribution in [0, 0.1) is 12.1 Å². The third kappa shape index (κ3) is 4.82. The molecule has 0 aliphatic rings. The quantitative estimate of drug-likeness (QED) is 0.171. The minimum Gasteiger partial charge on any atom is -0.460 e. The van der Waals surface area contributed by atoms with E-state index in [2.05, 4.69) is 84.1 Å². The van der Waals surface area contributed by atoms with Crippen molar-refractivity contribution in [2.75, 3.05) is 0 Å². The van der Waals surface area contributed by atoms with Gasteiger partial charge in [0.05, 0.1) is 0 Å². The van der Waals surface area contributed by atoms with Gasteiger partial charge in [-0.15, -0.1) is 18.2 Å². The molecule has 0 saturated carbocycles. The second-order valence-electron chi connectivity index (χ2n) is 8.75. The number of hydrogen-bond acceptors (Lipinski definition) is 3. The summed E-state index contributed by atoms with van der Waals surface area (Å²) in [6, 6.07) is 33.9. The number of benzene rings is 3. The molecule has 4 nitrogen and oxygen atoms in total. The van der Waals surface area contributed by atoms with Gasteiger partial charge in [-0.25, -0.2) is 21.1 Å². The minimum absolute atomic E-state index is 0. The van der Waals surface area contributed by atoms with Crippen molar-refractivity contribution in [3.8, 4) is 28.6 Å². The predicted molar refractivity (Wildman–Crippen MR) is 145 cm³/mol. The fraction of sp³-hybridized carbons (Fsp3) is 0.125. The molecular weight excluding hydrogens is 637 g/mol. The summed E-state index contributed by atoms with van der Waals surface area (Å²) in [4.78, 5) is 9.06. The van der Waals surface area contributed by atoms with Crippen molar-refractivity contribution >= 4 is 21.8 Å².